The highest BCUT2D eigenvalue weighted by atomic mass is 16.7. The van der Waals surface area contributed by atoms with Gasteiger partial charge in [0.05, 0.1) is 0 Å². The fraction of sp³-hybridized carbons (Fsp3) is 0.444. The Hall–Kier alpha value is -2.70. The standard InChI is InChI=1S/C10H8O4.C8H17NO2/c11-9(12)8(10(13)14)6-7-4-2-1-3-5-7;1-3-4-5-6-7-8(2)11-9-10/h1-6H,(H,11,12)(H,13,14);8H,3-7H2,1-2H3. The number of carboxylic acid groups (broad SMARTS) is 2. The van der Waals surface area contributed by atoms with Gasteiger partial charge in [-0.3, -0.25) is 0 Å². The number of rotatable bonds is 10. The summed E-state index contributed by atoms with van der Waals surface area (Å²) in [5, 5.41) is 19.5. The van der Waals surface area contributed by atoms with E-state index in [1.54, 1.807) is 30.3 Å². The van der Waals surface area contributed by atoms with Crippen LogP contribution in [0.1, 0.15) is 51.5 Å². The average Bonchev–Trinajstić information content (AvgIpc) is 2.58. The van der Waals surface area contributed by atoms with Gasteiger partial charge in [0.2, 0.25) is 0 Å². The fourth-order valence-electron chi connectivity index (χ4n) is 1.92. The molecule has 7 heteroatoms. The zero-order chi connectivity index (χ0) is 19.1. The number of hydrogen-bond acceptors (Lipinski definition) is 5. The van der Waals surface area contributed by atoms with Crippen molar-refractivity contribution in [2.75, 3.05) is 0 Å². The SMILES string of the molecule is CCCCCCC(C)ON=O.O=C(O)C(=Cc1ccccc1)C(=O)O. The van der Waals surface area contributed by atoms with Crippen LogP contribution in [0.5, 0.6) is 0 Å². The predicted octanol–water partition coefficient (Wildman–Crippen LogP) is 4.28. The topological polar surface area (TPSA) is 113 Å². The summed E-state index contributed by atoms with van der Waals surface area (Å²) in [7, 11) is 0. The van der Waals surface area contributed by atoms with Crippen molar-refractivity contribution in [1.29, 1.82) is 0 Å². The third kappa shape index (κ3) is 11.5. The first-order valence-corrected chi connectivity index (χ1v) is 8.14. The molecule has 0 saturated heterocycles. The summed E-state index contributed by atoms with van der Waals surface area (Å²) < 4.78 is 0. The Labute approximate surface area is 147 Å². The summed E-state index contributed by atoms with van der Waals surface area (Å²) in [5.74, 6) is -2.89. The quantitative estimate of drug-likeness (QED) is 0.162. The number of carboxylic acids is 2. The van der Waals surface area contributed by atoms with E-state index in [0.29, 0.717) is 5.56 Å². The van der Waals surface area contributed by atoms with Gasteiger partial charge in [-0.15, -0.1) is 4.91 Å². The molecular weight excluding hydrogens is 326 g/mol. The van der Waals surface area contributed by atoms with Crippen LogP contribution in [0.3, 0.4) is 0 Å². The van der Waals surface area contributed by atoms with Crippen molar-refractivity contribution in [3.63, 3.8) is 0 Å². The molecule has 0 bridgehead atoms. The van der Waals surface area contributed by atoms with Crippen LogP contribution in [-0.2, 0) is 14.4 Å². The minimum absolute atomic E-state index is 0.00986. The molecule has 0 amide bonds. The molecule has 0 heterocycles. The highest BCUT2D eigenvalue weighted by molar-refractivity contribution is 6.16. The molecule has 0 spiro atoms. The molecule has 0 fully saturated rings. The first-order chi connectivity index (χ1) is 11.9. The third-order valence-corrected chi connectivity index (χ3v) is 3.26. The molecule has 0 saturated carbocycles. The molecule has 1 aromatic carbocycles. The number of benzene rings is 1. The Bertz CT molecular complexity index is 540. The zero-order valence-corrected chi connectivity index (χ0v) is 14.6. The lowest BCUT2D eigenvalue weighted by Gasteiger charge is -2.05. The lowest BCUT2D eigenvalue weighted by molar-refractivity contribution is -0.140. The Balaban J connectivity index is 0.000000477. The summed E-state index contributed by atoms with van der Waals surface area (Å²) in [6.07, 6.45) is 6.90. The number of aliphatic carboxylic acids is 2. The second-order valence-electron chi connectivity index (χ2n) is 5.42. The van der Waals surface area contributed by atoms with E-state index < -0.39 is 17.5 Å². The molecule has 25 heavy (non-hydrogen) atoms. The van der Waals surface area contributed by atoms with Gasteiger partial charge in [-0.05, 0) is 31.4 Å². The lowest BCUT2D eigenvalue weighted by atomic mass is 10.1. The normalized spacial score (nSPS) is 10.6. The van der Waals surface area contributed by atoms with Crippen molar-refractivity contribution in [3.05, 3.63) is 46.4 Å². The molecule has 0 aliphatic rings. The van der Waals surface area contributed by atoms with Gasteiger partial charge in [0.1, 0.15) is 11.7 Å². The molecule has 0 aliphatic heterocycles. The summed E-state index contributed by atoms with van der Waals surface area (Å²) in [6, 6.07) is 8.43. The molecular formula is C18H25NO6. The van der Waals surface area contributed by atoms with Crippen molar-refractivity contribution in [3.8, 4) is 0 Å². The van der Waals surface area contributed by atoms with Crippen molar-refractivity contribution in [2.24, 2.45) is 5.34 Å². The van der Waals surface area contributed by atoms with Crippen LogP contribution in [0, 0.1) is 4.91 Å². The Morgan fingerprint density at radius 1 is 1.12 bits per heavy atom. The van der Waals surface area contributed by atoms with Crippen LogP contribution in [0.4, 0.5) is 0 Å². The summed E-state index contributed by atoms with van der Waals surface area (Å²) >= 11 is 0. The Morgan fingerprint density at radius 3 is 2.20 bits per heavy atom. The maximum absolute atomic E-state index is 10.5. The highest BCUT2D eigenvalue weighted by Crippen LogP contribution is 2.08. The summed E-state index contributed by atoms with van der Waals surface area (Å²) in [4.78, 5) is 35.1. The third-order valence-electron chi connectivity index (χ3n) is 3.26. The van der Waals surface area contributed by atoms with E-state index in [1.807, 2.05) is 6.92 Å². The average molecular weight is 351 g/mol. The van der Waals surface area contributed by atoms with Crippen LogP contribution in [-0.4, -0.2) is 28.3 Å². The molecule has 0 aromatic heterocycles. The van der Waals surface area contributed by atoms with Gasteiger partial charge >= 0.3 is 11.9 Å². The number of carbonyl (C=O) groups is 2. The van der Waals surface area contributed by atoms with E-state index in [-0.39, 0.29) is 6.10 Å². The minimum atomic E-state index is -1.44. The molecule has 1 aromatic rings. The highest BCUT2D eigenvalue weighted by Gasteiger charge is 2.15. The second kappa shape index (κ2) is 13.7. The van der Waals surface area contributed by atoms with Gasteiger partial charge in [0, 0.05) is 0 Å². The monoisotopic (exact) mass is 351 g/mol. The van der Waals surface area contributed by atoms with Crippen LogP contribution in [0.25, 0.3) is 6.08 Å². The van der Waals surface area contributed by atoms with Gasteiger partial charge in [0.25, 0.3) is 0 Å². The maximum Gasteiger partial charge on any atom is 0.343 e. The first kappa shape index (κ1) is 22.3. The Morgan fingerprint density at radius 2 is 1.72 bits per heavy atom. The van der Waals surface area contributed by atoms with E-state index in [9.17, 15) is 14.5 Å². The van der Waals surface area contributed by atoms with Crippen LogP contribution < -0.4 is 0 Å². The van der Waals surface area contributed by atoms with Crippen molar-refractivity contribution in [2.45, 2.75) is 52.1 Å². The van der Waals surface area contributed by atoms with Gasteiger partial charge in [-0.1, -0.05) is 56.5 Å². The first-order valence-electron chi connectivity index (χ1n) is 8.14. The van der Waals surface area contributed by atoms with E-state index in [1.165, 1.54) is 19.3 Å². The summed E-state index contributed by atoms with van der Waals surface area (Å²) in [6.45, 7) is 4.04. The lowest BCUT2D eigenvalue weighted by Crippen LogP contribution is -2.10. The van der Waals surface area contributed by atoms with Gasteiger partial charge < -0.3 is 15.1 Å². The number of unbranched alkanes of at least 4 members (excludes halogenated alkanes) is 3. The van der Waals surface area contributed by atoms with E-state index >= 15 is 0 Å². The van der Waals surface area contributed by atoms with E-state index in [0.717, 1.165) is 18.9 Å². The molecule has 1 rings (SSSR count). The Kier molecular flexibility index (Phi) is 12.2. The van der Waals surface area contributed by atoms with Crippen molar-refractivity contribution < 1.29 is 24.6 Å². The zero-order valence-electron chi connectivity index (χ0n) is 14.6. The van der Waals surface area contributed by atoms with Crippen molar-refractivity contribution >= 4 is 18.0 Å². The van der Waals surface area contributed by atoms with Crippen LogP contribution >= 0.6 is 0 Å². The number of hydrogen-bond donors (Lipinski definition) is 2. The van der Waals surface area contributed by atoms with Crippen molar-refractivity contribution in [1.82, 2.24) is 0 Å². The van der Waals surface area contributed by atoms with Gasteiger partial charge in [0.15, 0.2) is 5.34 Å². The molecule has 0 aliphatic carbocycles. The fourth-order valence-corrected chi connectivity index (χ4v) is 1.92. The maximum atomic E-state index is 10.5. The van der Waals surface area contributed by atoms with Crippen LogP contribution in [0.2, 0.25) is 0 Å². The van der Waals surface area contributed by atoms with Crippen LogP contribution in [0.15, 0.2) is 41.2 Å². The molecule has 2 N–H and O–H groups in total. The molecule has 0 radical (unpaired) electrons. The second-order valence-corrected chi connectivity index (χ2v) is 5.42. The molecule has 138 valence electrons. The number of nitrogens with zero attached hydrogens (tertiary/aromatic N) is 1. The molecule has 1 unspecified atom stereocenters. The molecule has 1 atom stereocenters. The van der Waals surface area contributed by atoms with Gasteiger partial charge in [-0.25, -0.2) is 9.59 Å². The minimum Gasteiger partial charge on any atom is -0.477 e. The smallest absolute Gasteiger partial charge is 0.343 e. The van der Waals surface area contributed by atoms with E-state index in [2.05, 4.69) is 17.1 Å². The van der Waals surface area contributed by atoms with Gasteiger partial charge in [-0.2, -0.15) is 0 Å². The summed E-state index contributed by atoms with van der Waals surface area (Å²) in [5.41, 5.74) is -0.0940. The predicted molar refractivity (Wildman–Crippen MR) is 94.8 cm³/mol. The largest absolute Gasteiger partial charge is 0.477 e. The molecule has 7 nitrogen and oxygen atoms in total. The van der Waals surface area contributed by atoms with E-state index in [4.69, 9.17) is 10.2 Å².